The molecule has 14 nitrogen and oxygen atoms in total. The Morgan fingerprint density at radius 2 is 1.67 bits per heavy atom. The van der Waals surface area contributed by atoms with E-state index in [2.05, 4.69) is 46.3 Å². The number of rotatable bonds is 14. The summed E-state index contributed by atoms with van der Waals surface area (Å²) in [6, 6.07) is 26.8. The minimum absolute atomic E-state index is 0.153. The molecule has 320 valence electrons. The van der Waals surface area contributed by atoms with Crippen LogP contribution in [0.25, 0.3) is 16.5 Å². The van der Waals surface area contributed by atoms with Crippen LogP contribution < -0.4 is 20.1 Å². The van der Waals surface area contributed by atoms with E-state index in [1.807, 2.05) is 60.7 Å². The van der Waals surface area contributed by atoms with Crippen LogP contribution in [-0.4, -0.2) is 98.1 Å². The molecule has 0 aliphatic carbocycles. The number of hydrogen-bond donors (Lipinski definition) is 2. The maximum Gasteiger partial charge on any atom is 0.324 e. The molecule has 6 aromatic rings. The summed E-state index contributed by atoms with van der Waals surface area (Å²) in [5, 5.41) is 12.4. The van der Waals surface area contributed by atoms with E-state index in [0.29, 0.717) is 72.8 Å². The Hall–Kier alpha value is -5.60. The first-order chi connectivity index (χ1) is 29.0. The number of carbonyl (C=O) groups is 1. The Kier molecular flexibility index (Phi) is 13.0. The lowest BCUT2D eigenvalue weighted by atomic mass is 9.92. The number of aromatic nitrogens is 4. The van der Waals surface area contributed by atoms with E-state index in [-0.39, 0.29) is 16.7 Å². The van der Waals surface area contributed by atoms with Gasteiger partial charge in [0.05, 0.1) is 42.3 Å². The van der Waals surface area contributed by atoms with Crippen LogP contribution in [0, 0.1) is 0 Å². The van der Waals surface area contributed by atoms with E-state index in [9.17, 15) is 17.8 Å². The summed E-state index contributed by atoms with van der Waals surface area (Å²) in [6.45, 7) is 13.9. The highest BCUT2D eigenvalue weighted by molar-refractivity contribution is 7.90. The number of nitrogens with zero attached hydrogens (tertiary/aromatic N) is 5. The van der Waals surface area contributed by atoms with Crippen LogP contribution in [0.1, 0.15) is 43.4 Å². The summed E-state index contributed by atoms with van der Waals surface area (Å²) >= 11 is 0. The molecule has 7 rings (SSSR count). The minimum Gasteiger partial charge on any atom is -0.492 e. The van der Waals surface area contributed by atoms with Gasteiger partial charge in [-0.3, -0.25) is 10.2 Å². The summed E-state index contributed by atoms with van der Waals surface area (Å²) in [4.78, 5) is 25.2. The molecule has 3 heterocycles. The van der Waals surface area contributed by atoms with Crippen LogP contribution in [0.5, 0.6) is 17.4 Å². The van der Waals surface area contributed by atoms with Crippen molar-refractivity contribution in [2.24, 2.45) is 0 Å². The van der Waals surface area contributed by atoms with Crippen molar-refractivity contribution in [1.29, 1.82) is 0 Å². The van der Waals surface area contributed by atoms with Gasteiger partial charge in [-0.05, 0) is 66.9 Å². The monoisotopic (exact) mass is 865 g/mol. The molecule has 0 atom stereocenters. The van der Waals surface area contributed by atoms with Gasteiger partial charge in [0.15, 0.2) is 9.84 Å². The van der Waals surface area contributed by atoms with E-state index in [1.54, 1.807) is 54.5 Å². The minimum atomic E-state index is -3.52. The highest BCUT2D eigenvalue weighted by atomic mass is 32.2. The predicted octanol–water partition coefficient (Wildman–Crippen LogP) is 8.38. The number of ether oxygens (including phenoxy) is 3. The molecule has 2 N–H and O–H groups in total. The molecule has 1 aliphatic rings. The zero-order valence-electron chi connectivity index (χ0n) is 35.3. The van der Waals surface area contributed by atoms with Crippen molar-refractivity contribution in [3.8, 4) is 23.1 Å². The first-order valence-corrected chi connectivity index (χ1v) is 24.7. The number of carbonyl (C=O) groups excluding carboxylic acids is 1. The molecule has 61 heavy (non-hydrogen) atoms. The topological polar surface area (TPSA) is 167 Å². The number of hydrogen-bond acceptors (Lipinski definition) is 11. The number of morpholine rings is 1. The molecule has 2 aromatic heterocycles. The SMILES string of the molecule is CC(C)(C)c1cc(NC(=O)Nc2ccc(Oc3ccnc(Cc4cc(OCCN5CCOCC5)cc(S(C)(=O)=O)c4)n3)c3ccccc23)n(-c2cccc(CP(C)(C)=O)c2)n1. The summed E-state index contributed by atoms with van der Waals surface area (Å²) in [5.41, 5.74) is 3.41. The van der Waals surface area contributed by atoms with E-state index in [0.717, 1.165) is 40.8 Å². The van der Waals surface area contributed by atoms with Gasteiger partial charge in [0.2, 0.25) is 5.88 Å². The number of sulfone groups is 1. The summed E-state index contributed by atoms with van der Waals surface area (Å²) in [6.07, 6.45) is 3.46. The molecule has 16 heteroatoms. The Bertz CT molecular complexity index is 2700. The number of anilines is 2. The largest absolute Gasteiger partial charge is 0.492 e. The van der Waals surface area contributed by atoms with Crippen molar-refractivity contribution in [2.45, 2.75) is 43.7 Å². The summed E-state index contributed by atoms with van der Waals surface area (Å²) < 4.78 is 57.3. The van der Waals surface area contributed by atoms with Crippen molar-refractivity contribution in [3.63, 3.8) is 0 Å². The molecule has 1 fully saturated rings. The molecular weight excluding hydrogens is 814 g/mol. The van der Waals surface area contributed by atoms with Crippen LogP contribution in [0.2, 0.25) is 0 Å². The molecule has 0 radical (unpaired) electrons. The first kappa shape index (κ1) is 43.5. The number of urea groups is 1. The molecule has 1 aliphatic heterocycles. The third-order valence-electron chi connectivity index (χ3n) is 9.97. The first-order valence-electron chi connectivity index (χ1n) is 20.1. The second kappa shape index (κ2) is 18.2. The Morgan fingerprint density at radius 1 is 0.902 bits per heavy atom. The van der Waals surface area contributed by atoms with Gasteiger partial charge in [-0.15, -0.1) is 0 Å². The van der Waals surface area contributed by atoms with Crippen molar-refractivity contribution >= 4 is 45.3 Å². The molecule has 0 saturated carbocycles. The highest BCUT2D eigenvalue weighted by Gasteiger charge is 2.23. The fraction of sp³-hybridized carbons (Fsp3) is 0.333. The maximum absolute atomic E-state index is 13.7. The lowest BCUT2D eigenvalue weighted by Crippen LogP contribution is -2.38. The number of amides is 2. The Balaban J connectivity index is 1.08. The predicted molar refractivity (Wildman–Crippen MR) is 239 cm³/mol. The summed E-state index contributed by atoms with van der Waals surface area (Å²) in [5.74, 6) is 2.17. The highest BCUT2D eigenvalue weighted by Crippen LogP contribution is 2.41. The van der Waals surface area contributed by atoms with Gasteiger partial charge in [-0.25, -0.2) is 22.9 Å². The summed E-state index contributed by atoms with van der Waals surface area (Å²) in [7, 11) is -5.84. The molecule has 2 amide bonds. The van der Waals surface area contributed by atoms with Gasteiger partial charge in [0.1, 0.15) is 29.7 Å². The normalized spacial score (nSPS) is 13.9. The smallest absolute Gasteiger partial charge is 0.324 e. The standard InChI is InChI=1S/C45H52N7O7PS/c1-45(2,3)40-29-42(52(50-40)33-11-9-10-31(24-33)30-60(4,5)54)49-44(53)47-38-14-15-39(37-13-8-7-12-36(37)38)59-43-16-17-46-41(48-43)27-32-25-34(28-35(26-32)61(6,55)56)58-23-20-51-18-21-57-22-19-51/h7-17,24-26,28-29H,18-23,27,30H2,1-6H3,(H2,47,49,53). The maximum atomic E-state index is 13.7. The lowest BCUT2D eigenvalue weighted by molar-refractivity contribution is 0.0322. The number of fused-ring (bicyclic) bond motifs is 1. The molecule has 0 spiro atoms. The van der Waals surface area contributed by atoms with Gasteiger partial charge >= 0.3 is 6.03 Å². The Morgan fingerprint density at radius 3 is 2.41 bits per heavy atom. The quantitative estimate of drug-likeness (QED) is 0.101. The van der Waals surface area contributed by atoms with Gasteiger partial charge in [0.25, 0.3) is 0 Å². The third-order valence-corrected chi connectivity index (χ3v) is 12.2. The second-order valence-corrected chi connectivity index (χ2v) is 22.2. The molecular formula is C45H52N7O7PS. The van der Waals surface area contributed by atoms with Crippen LogP contribution >= 0.6 is 7.14 Å². The van der Waals surface area contributed by atoms with Crippen molar-refractivity contribution in [2.75, 3.05) is 69.7 Å². The molecule has 4 aromatic carbocycles. The van der Waals surface area contributed by atoms with E-state index >= 15 is 0 Å². The van der Waals surface area contributed by atoms with E-state index in [4.69, 9.17) is 19.3 Å². The lowest BCUT2D eigenvalue weighted by Gasteiger charge is -2.26. The average molecular weight is 866 g/mol. The van der Waals surface area contributed by atoms with Gasteiger partial charge in [0, 0.05) is 73.0 Å². The third kappa shape index (κ3) is 11.6. The van der Waals surface area contributed by atoms with Gasteiger partial charge in [-0.1, -0.05) is 57.2 Å². The fourth-order valence-corrected chi connectivity index (χ4v) is 8.74. The van der Waals surface area contributed by atoms with Crippen LogP contribution in [-0.2, 0) is 37.1 Å². The van der Waals surface area contributed by atoms with Crippen LogP contribution in [0.15, 0.2) is 102 Å². The van der Waals surface area contributed by atoms with Crippen molar-refractivity contribution in [3.05, 3.63) is 120 Å². The van der Waals surface area contributed by atoms with Crippen molar-refractivity contribution < 1.29 is 32.0 Å². The van der Waals surface area contributed by atoms with E-state index in [1.165, 1.54) is 6.26 Å². The van der Waals surface area contributed by atoms with Crippen molar-refractivity contribution in [1.82, 2.24) is 24.6 Å². The van der Waals surface area contributed by atoms with Gasteiger partial charge in [-0.2, -0.15) is 10.1 Å². The average Bonchev–Trinajstić information content (AvgIpc) is 3.63. The molecule has 1 saturated heterocycles. The van der Waals surface area contributed by atoms with Crippen LogP contribution in [0.3, 0.4) is 0 Å². The van der Waals surface area contributed by atoms with Crippen LogP contribution in [0.4, 0.5) is 16.3 Å². The van der Waals surface area contributed by atoms with E-state index < -0.39 is 23.0 Å². The second-order valence-electron chi connectivity index (χ2n) is 16.7. The zero-order valence-corrected chi connectivity index (χ0v) is 37.1. The number of nitrogens with one attached hydrogen (secondary N) is 2. The van der Waals surface area contributed by atoms with Gasteiger partial charge < -0.3 is 24.1 Å². The Labute approximate surface area is 356 Å². The fourth-order valence-electron chi connectivity index (χ4n) is 6.96. The number of benzene rings is 4. The zero-order chi connectivity index (χ0) is 43.4. The molecule has 0 bridgehead atoms. The molecule has 0 unspecified atom stereocenters.